The van der Waals surface area contributed by atoms with Gasteiger partial charge < -0.3 is 0 Å². The largest absolute Gasteiger partial charge is 0.203 e. The van der Waals surface area contributed by atoms with E-state index in [2.05, 4.69) is 9.59 Å². The predicted octanol–water partition coefficient (Wildman–Crippen LogP) is 2.48. The lowest BCUT2D eigenvalue weighted by Crippen LogP contribution is -1.78. The molecule has 56 valence electrons. The Morgan fingerprint density at radius 1 is 1.45 bits per heavy atom. The highest BCUT2D eigenvalue weighted by Gasteiger charge is 2.07. The van der Waals surface area contributed by atoms with Crippen LogP contribution in [0.1, 0.15) is 0 Å². The molecular formula is C6H2ClFN2S. The second-order valence-corrected chi connectivity index (χ2v) is 3.17. The Balaban J connectivity index is 2.93. The van der Waals surface area contributed by atoms with Crippen LogP contribution in [-0.4, -0.2) is 9.59 Å². The van der Waals surface area contributed by atoms with E-state index in [1.165, 1.54) is 6.07 Å². The summed E-state index contributed by atoms with van der Waals surface area (Å²) >= 11 is 6.66. The van der Waals surface area contributed by atoms with Crippen LogP contribution in [0.2, 0.25) is 5.02 Å². The molecule has 0 amide bonds. The average molecular weight is 189 g/mol. The van der Waals surface area contributed by atoms with E-state index in [-0.39, 0.29) is 10.5 Å². The van der Waals surface area contributed by atoms with Crippen LogP contribution in [0.15, 0.2) is 12.1 Å². The van der Waals surface area contributed by atoms with Crippen LogP contribution < -0.4 is 0 Å². The molecule has 0 aliphatic heterocycles. The fraction of sp³-hybridized carbons (Fsp3) is 0. The standard InChI is InChI=1S/C6H2ClFN2S/c7-3-1-2-4-6(5(3)8)9-10-11-4/h1-2H. The second-order valence-electron chi connectivity index (χ2n) is 1.98. The van der Waals surface area contributed by atoms with Crippen molar-refractivity contribution in [2.24, 2.45) is 0 Å². The molecule has 0 N–H and O–H groups in total. The van der Waals surface area contributed by atoms with Crippen LogP contribution in [0.25, 0.3) is 10.2 Å². The molecule has 0 aliphatic rings. The minimum atomic E-state index is -0.488. The van der Waals surface area contributed by atoms with E-state index in [1.54, 1.807) is 6.07 Å². The van der Waals surface area contributed by atoms with Crippen molar-refractivity contribution in [1.29, 1.82) is 0 Å². The van der Waals surface area contributed by atoms with Gasteiger partial charge in [0.15, 0.2) is 5.82 Å². The van der Waals surface area contributed by atoms with Crippen LogP contribution in [-0.2, 0) is 0 Å². The lowest BCUT2D eigenvalue weighted by Gasteiger charge is -1.90. The molecule has 2 aromatic rings. The normalized spacial score (nSPS) is 10.7. The molecule has 1 aromatic heterocycles. The SMILES string of the molecule is Fc1c(Cl)ccc2snnc12. The van der Waals surface area contributed by atoms with Gasteiger partial charge in [-0.15, -0.1) is 5.10 Å². The topological polar surface area (TPSA) is 25.8 Å². The Hall–Kier alpha value is -0.740. The Morgan fingerprint density at radius 3 is 3.09 bits per heavy atom. The first kappa shape index (κ1) is 6.94. The van der Waals surface area contributed by atoms with Crippen molar-refractivity contribution in [2.75, 3.05) is 0 Å². The summed E-state index contributed by atoms with van der Waals surface area (Å²) in [5.41, 5.74) is 0.252. The first-order valence-corrected chi connectivity index (χ1v) is 4.00. The first-order valence-electron chi connectivity index (χ1n) is 2.85. The van der Waals surface area contributed by atoms with Crippen LogP contribution >= 0.6 is 23.1 Å². The van der Waals surface area contributed by atoms with Crippen molar-refractivity contribution in [3.8, 4) is 0 Å². The van der Waals surface area contributed by atoms with Crippen molar-refractivity contribution >= 4 is 33.4 Å². The number of rotatable bonds is 0. The Bertz CT molecular complexity index is 400. The van der Waals surface area contributed by atoms with Gasteiger partial charge in [-0.2, -0.15) is 0 Å². The van der Waals surface area contributed by atoms with Crippen molar-refractivity contribution in [1.82, 2.24) is 9.59 Å². The fourth-order valence-corrected chi connectivity index (χ4v) is 1.50. The summed E-state index contributed by atoms with van der Waals surface area (Å²) in [6.07, 6.45) is 0. The number of hydrogen-bond acceptors (Lipinski definition) is 3. The molecule has 0 saturated carbocycles. The van der Waals surface area contributed by atoms with E-state index in [0.717, 1.165) is 11.5 Å². The molecule has 0 fully saturated rings. The zero-order chi connectivity index (χ0) is 7.84. The van der Waals surface area contributed by atoms with Gasteiger partial charge in [0.25, 0.3) is 0 Å². The van der Waals surface area contributed by atoms with Gasteiger partial charge in [-0.1, -0.05) is 16.1 Å². The zero-order valence-electron chi connectivity index (χ0n) is 5.21. The summed E-state index contributed by atoms with van der Waals surface area (Å²) in [5, 5.41) is 3.68. The highest BCUT2D eigenvalue weighted by Crippen LogP contribution is 2.24. The van der Waals surface area contributed by atoms with Crippen LogP contribution in [0.3, 0.4) is 0 Å². The molecule has 0 saturated heterocycles. The smallest absolute Gasteiger partial charge is 0.170 e. The van der Waals surface area contributed by atoms with Gasteiger partial charge in [0, 0.05) is 0 Å². The first-order chi connectivity index (χ1) is 5.29. The highest BCUT2D eigenvalue weighted by atomic mass is 35.5. The molecule has 0 spiro atoms. The maximum absolute atomic E-state index is 13.0. The van der Waals surface area contributed by atoms with Gasteiger partial charge >= 0.3 is 0 Å². The maximum Gasteiger partial charge on any atom is 0.170 e. The third-order valence-corrected chi connectivity index (χ3v) is 2.29. The highest BCUT2D eigenvalue weighted by molar-refractivity contribution is 7.12. The lowest BCUT2D eigenvalue weighted by atomic mass is 10.3. The number of benzene rings is 1. The van der Waals surface area contributed by atoms with Crippen LogP contribution in [0, 0.1) is 5.82 Å². The summed E-state index contributed by atoms with van der Waals surface area (Å²) in [4.78, 5) is 0. The van der Waals surface area contributed by atoms with Gasteiger partial charge in [0.1, 0.15) is 5.52 Å². The average Bonchev–Trinajstić information content (AvgIpc) is 2.45. The van der Waals surface area contributed by atoms with E-state index in [1.807, 2.05) is 0 Å². The van der Waals surface area contributed by atoms with Gasteiger partial charge in [-0.3, -0.25) is 0 Å². The number of aromatic nitrogens is 2. The molecule has 0 aliphatic carbocycles. The van der Waals surface area contributed by atoms with Gasteiger partial charge in [-0.05, 0) is 23.7 Å². The summed E-state index contributed by atoms with van der Waals surface area (Å²) in [6.45, 7) is 0. The van der Waals surface area contributed by atoms with E-state index >= 15 is 0 Å². The number of halogens is 2. The molecule has 0 bridgehead atoms. The minimum Gasteiger partial charge on any atom is -0.203 e. The third-order valence-electron chi connectivity index (χ3n) is 1.31. The summed E-state index contributed by atoms with van der Waals surface area (Å²) in [6, 6.07) is 3.20. The molecule has 11 heavy (non-hydrogen) atoms. The Morgan fingerprint density at radius 2 is 2.27 bits per heavy atom. The Labute approximate surface area is 70.8 Å². The molecule has 0 atom stereocenters. The molecule has 1 heterocycles. The van der Waals surface area contributed by atoms with Gasteiger partial charge in [-0.25, -0.2) is 4.39 Å². The van der Waals surface area contributed by atoms with E-state index < -0.39 is 5.82 Å². The molecule has 1 aromatic carbocycles. The van der Waals surface area contributed by atoms with E-state index in [0.29, 0.717) is 4.70 Å². The summed E-state index contributed by atoms with van der Waals surface area (Å²) < 4.78 is 17.3. The molecule has 0 radical (unpaired) electrons. The summed E-state index contributed by atoms with van der Waals surface area (Å²) in [5.74, 6) is -0.488. The number of nitrogens with zero attached hydrogens (tertiary/aromatic N) is 2. The van der Waals surface area contributed by atoms with E-state index in [9.17, 15) is 4.39 Å². The van der Waals surface area contributed by atoms with Crippen molar-refractivity contribution in [2.45, 2.75) is 0 Å². The monoisotopic (exact) mass is 188 g/mol. The fourth-order valence-electron chi connectivity index (χ4n) is 0.794. The van der Waals surface area contributed by atoms with Crippen LogP contribution in [0.4, 0.5) is 4.39 Å². The van der Waals surface area contributed by atoms with E-state index in [4.69, 9.17) is 11.6 Å². The third kappa shape index (κ3) is 0.985. The maximum atomic E-state index is 13.0. The number of hydrogen-bond donors (Lipinski definition) is 0. The second kappa shape index (κ2) is 2.39. The minimum absolute atomic E-state index is 0.0881. The van der Waals surface area contributed by atoms with Crippen LogP contribution in [0.5, 0.6) is 0 Å². The van der Waals surface area contributed by atoms with Gasteiger partial charge in [0.05, 0.1) is 9.72 Å². The molecule has 0 unspecified atom stereocenters. The lowest BCUT2D eigenvalue weighted by molar-refractivity contribution is 0.636. The van der Waals surface area contributed by atoms with Gasteiger partial charge in [0.2, 0.25) is 0 Å². The van der Waals surface area contributed by atoms with Crippen molar-refractivity contribution in [3.63, 3.8) is 0 Å². The van der Waals surface area contributed by atoms with Crippen molar-refractivity contribution in [3.05, 3.63) is 23.0 Å². The Kier molecular flexibility index (Phi) is 1.51. The quantitative estimate of drug-likeness (QED) is 0.635. The number of fused-ring (bicyclic) bond motifs is 1. The summed E-state index contributed by atoms with van der Waals surface area (Å²) in [7, 11) is 0. The molecule has 2 rings (SSSR count). The molecular weight excluding hydrogens is 187 g/mol. The van der Waals surface area contributed by atoms with Crippen molar-refractivity contribution < 1.29 is 4.39 Å². The zero-order valence-corrected chi connectivity index (χ0v) is 6.79. The molecule has 2 nitrogen and oxygen atoms in total. The molecule has 5 heteroatoms. The predicted molar refractivity (Wildman–Crippen MR) is 42.4 cm³/mol.